The Morgan fingerprint density at radius 3 is 2.38 bits per heavy atom. The van der Waals surface area contributed by atoms with Crippen LogP contribution >= 0.6 is 11.3 Å². The minimum atomic E-state index is -3.64. The molecule has 1 heterocycles. The highest BCUT2D eigenvalue weighted by Gasteiger charge is 2.23. The zero-order valence-electron chi connectivity index (χ0n) is 21.6. The second-order valence-corrected chi connectivity index (χ2v) is 11.1. The summed E-state index contributed by atoms with van der Waals surface area (Å²) in [6, 6.07) is 11.0. The molecule has 3 aromatic rings. The van der Waals surface area contributed by atoms with E-state index in [1.807, 2.05) is 25.3 Å². The quantitative estimate of drug-likeness (QED) is 0.250. The largest absolute Gasteiger partial charge is 0.465 e. The number of fused-ring (bicyclic) bond motifs is 1. The molecule has 9 nitrogen and oxygen atoms in total. The zero-order valence-corrected chi connectivity index (χ0v) is 23.2. The van der Waals surface area contributed by atoms with E-state index in [1.165, 1.54) is 47.0 Å². The summed E-state index contributed by atoms with van der Waals surface area (Å²) in [6.07, 6.45) is 1.68. The van der Waals surface area contributed by atoms with Crippen LogP contribution < -0.4 is 4.80 Å². The van der Waals surface area contributed by atoms with Gasteiger partial charge < -0.3 is 14.0 Å². The van der Waals surface area contributed by atoms with Crippen molar-refractivity contribution in [2.45, 2.75) is 45.1 Å². The Morgan fingerprint density at radius 1 is 1.05 bits per heavy atom. The Balaban J connectivity index is 1.96. The monoisotopic (exact) mass is 547 g/mol. The molecule has 37 heavy (non-hydrogen) atoms. The van der Waals surface area contributed by atoms with E-state index in [2.05, 4.69) is 4.99 Å². The van der Waals surface area contributed by atoms with Crippen LogP contribution in [0, 0.1) is 0 Å². The van der Waals surface area contributed by atoms with Gasteiger partial charge in [-0.05, 0) is 55.8 Å². The highest BCUT2D eigenvalue weighted by Crippen LogP contribution is 2.21. The molecule has 0 unspecified atom stereocenters. The van der Waals surface area contributed by atoms with E-state index >= 15 is 0 Å². The number of benzene rings is 2. The van der Waals surface area contributed by atoms with Gasteiger partial charge >= 0.3 is 5.97 Å². The average molecular weight is 548 g/mol. The highest BCUT2D eigenvalue weighted by molar-refractivity contribution is 7.89. The molecule has 0 aliphatic carbocycles. The predicted molar refractivity (Wildman–Crippen MR) is 143 cm³/mol. The Hall–Kier alpha value is -2.86. The van der Waals surface area contributed by atoms with Gasteiger partial charge in [-0.1, -0.05) is 31.6 Å². The first kappa shape index (κ1) is 28.7. The van der Waals surface area contributed by atoms with Crippen LogP contribution in [-0.2, 0) is 26.0 Å². The molecule has 2 aromatic carbocycles. The number of hydrogen-bond acceptors (Lipinski definition) is 7. The number of ether oxygens (including phenoxy) is 2. The number of amides is 1. The molecule has 3 rings (SSSR count). The summed E-state index contributed by atoms with van der Waals surface area (Å²) in [7, 11) is -2.31. The van der Waals surface area contributed by atoms with Gasteiger partial charge in [0.25, 0.3) is 5.91 Å². The molecule has 0 N–H and O–H groups in total. The van der Waals surface area contributed by atoms with Gasteiger partial charge in [0, 0.05) is 31.8 Å². The van der Waals surface area contributed by atoms with Crippen LogP contribution in [0.4, 0.5) is 0 Å². The Labute approximate surface area is 221 Å². The first-order valence-corrected chi connectivity index (χ1v) is 14.5. The van der Waals surface area contributed by atoms with Crippen molar-refractivity contribution in [3.8, 4) is 0 Å². The number of methoxy groups -OCH3 is 1. The number of nitrogens with zero attached hydrogens (tertiary/aromatic N) is 3. The normalized spacial score (nSPS) is 12.4. The lowest BCUT2D eigenvalue weighted by Crippen LogP contribution is -2.31. The van der Waals surface area contributed by atoms with Crippen molar-refractivity contribution in [3.05, 3.63) is 58.4 Å². The summed E-state index contributed by atoms with van der Waals surface area (Å²) in [4.78, 5) is 29.9. The highest BCUT2D eigenvalue weighted by atomic mass is 32.2. The van der Waals surface area contributed by atoms with Crippen LogP contribution in [-0.4, -0.2) is 62.6 Å². The van der Waals surface area contributed by atoms with Crippen LogP contribution in [0.2, 0.25) is 0 Å². The number of carbonyl (C=O) groups excluding carboxylic acids is 2. The van der Waals surface area contributed by atoms with Gasteiger partial charge in [0.15, 0.2) is 4.80 Å². The van der Waals surface area contributed by atoms with Crippen molar-refractivity contribution in [1.29, 1.82) is 0 Å². The van der Waals surface area contributed by atoms with Crippen LogP contribution in [0.25, 0.3) is 10.2 Å². The third-order valence-electron chi connectivity index (χ3n) is 5.82. The summed E-state index contributed by atoms with van der Waals surface area (Å²) >= 11 is 1.28. The number of rotatable bonds is 12. The molecule has 1 amide bonds. The molecule has 0 bridgehead atoms. The molecule has 0 aliphatic heterocycles. The Kier molecular flexibility index (Phi) is 10.2. The molecule has 0 fully saturated rings. The smallest absolute Gasteiger partial charge is 0.337 e. The van der Waals surface area contributed by atoms with Gasteiger partial charge in [0.1, 0.15) is 0 Å². The molecule has 0 saturated carbocycles. The molecule has 0 aliphatic rings. The van der Waals surface area contributed by atoms with Crippen LogP contribution in [0.15, 0.2) is 52.4 Å². The fourth-order valence-corrected chi connectivity index (χ4v) is 6.35. The molecule has 0 radical (unpaired) electrons. The van der Waals surface area contributed by atoms with Crippen molar-refractivity contribution < 1.29 is 27.5 Å². The molecule has 1 aromatic heterocycles. The third-order valence-corrected chi connectivity index (χ3v) is 8.85. The lowest BCUT2D eigenvalue weighted by molar-refractivity contribution is 0.0600. The lowest BCUT2D eigenvalue weighted by atomic mass is 10.2. The zero-order chi connectivity index (χ0) is 27.0. The van der Waals surface area contributed by atoms with Crippen LogP contribution in [0.5, 0.6) is 0 Å². The molecule has 200 valence electrons. The standard InChI is InChI=1S/C26H33N3O6S2/c1-5-8-15-28(6-2)37(32,33)21-12-9-19(10-13-21)24(30)27-26-29(16-17-35-7-3)22-14-11-20(25(31)34-4)18-23(22)36-26/h9-14,18H,5-8,15-17H2,1-4H3. The molecule has 0 saturated heterocycles. The van der Waals surface area contributed by atoms with Gasteiger partial charge in [-0.25, -0.2) is 13.2 Å². The maximum absolute atomic E-state index is 13.0. The Bertz CT molecular complexity index is 1410. The maximum atomic E-state index is 13.0. The fourth-order valence-electron chi connectivity index (χ4n) is 3.77. The van der Waals surface area contributed by atoms with Crippen molar-refractivity contribution >= 4 is 43.5 Å². The first-order valence-electron chi connectivity index (χ1n) is 12.3. The molecular formula is C26H33N3O6S2. The minimum absolute atomic E-state index is 0.144. The lowest BCUT2D eigenvalue weighted by Gasteiger charge is -2.20. The number of thiazole rings is 1. The van der Waals surface area contributed by atoms with Gasteiger partial charge in [-0.2, -0.15) is 9.30 Å². The molecule has 0 spiro atoms. The van der Waals surface area contributed by atoms with Crippen molar-refractivity contribution in [3.63, 3.8) is 0 Å². The third kappa shape index (κ3) is 6.72. The fraction of sp³-hybridized carbons (Fsp3) is 0.423. The van der Waals surface area contributed by atoms with Crippen molar-refractivity contribution in [2.75, 3.05) is 33.4 Å². The second kappa shape index (κ2) is 13.1. The number of hydrogen-bond donors (Lipinski definition) is 0. The first-order chi connectivity index (χ1) is 17.8. The van der Waals surface area contributed by atoms with Gasteiger partial charge in [0.05, 0.1) is 34.4 Å². The van der Waals surface area contributed by atoms with E-state index < -0.39 is 21.9 Å². The van der Waals surface area contributed by atoms with E-state index in [0.29, 0.717) is 43.2 Å². The molecule has 0 atom stereocenters. The summed E-state index contributed by atoms with van der Waals surface area (Å²) in [5, 5.41) is 0. The summed E-state index contributed by atoms with van der Waals surface area (Å²) in [6.45, 7) is 8.02. The van der Waals surface area contributed by atoms with E-state index in [9.17, 15) is 18.0 Å². The number of sulfonamides is 1. The maximum Gasteiger partial charge on any atom is 0.337 e. The number of unbranched alkanes of at least 4 members (excludes halogenated alkanes) is 1. The van der Waals surface area contributed by atoms with Crippen LogP contribution in [0.1, 0.15) is 54.3 Å². The van der Waals surface area contributed by atoms with E-state index in [4.69, 9.17) is 9.47 Å². The summed E-state index contributed by atoms with van der Waals surface area (Å²) in [5.41, 5.74) is 1.50. The molecule has 11 heteroatoms. The summed E-state index contributed by atoms with van der Waals surface area (Å²) < 4.78 is 40.4. The van der Waals surface area contributed by atoms with Gasteiger partial charge in [0.2, 0.25) is 10.0 Å². The number of esters is 1. The summed E-state index contributed by atoms with van der Waals surface area (Å²) in [5.74, 6) is -0.940. The average Bonchev–Trinajstić information content (AvgIpc) is 3.24. The van der Waals surface area contributed by atoms with E-state index in [1.54, 1.807) is 18.2 Å². The van der Waals surface area contributed by atoms with Crippen LogP contribution in [0.3, 0.4) is 0 Å². The topological polar surface area (TPSA) is 107 Å². The minimum Gasteiger partial charge on any atom is -0.465 e. The second-order valence-electron chi connectivity index (χ2n) is 8.20. The number of carbonyl (C=O) groups is 2. The SMILES string of the molecule is CCCCN(CC)S(=O)(=O)c1ccc(C(=O)N=c2sc3cc(C(=O)OC)ccc3n2CCOCC)cc1. The number of aromatic nitrogens is 1. The van der Waals surface area contributed by atoms with Gasteiger partial charge in [-0.3, -0.25) is 4.79 Å². The van der Waals surface area contributed by atoms with Gasteiger partial charge in [-0.15, -0.1) is 0 Å². The Morgan fingerprint density at radius 2 is 1.76 bits per heavy atom. The predicted octanol–water partition coefficient (Wildman–Crippen LogP) is 4.08. The van der Waals surface area contributed by atoms with E-state index in [-0.39, 0.29) is 10.5 Å². The molecular weight excluding hydrogens is 514 g/mol. The van der Waals surface area contributed by atoms with Crippen molar-refractivity contribution in [1.82, 2.24) is 8.87 Å². The van der Waals surface area contributed by atoms with Crippen molar-refractivity contribution in [2.24, 2.45) is 4.99 Å². The van der Waals surface area contributed by atoms with E-state index in [0.717, 1.165) is 23.1 Å².